The number of ether oxygens (including phenoxy) is 1. The lowest BCUT2D eigenvalue weighted by atomic mass is 10.3. The van der Waals surface area contributed by atoms with Crippen molar-refractivity contribution in [1.82, 2.24) is 4.98 Å². The predicted molar refractivity (Wildman–Crippen MR) is 51.6 cm³/mol. The Balaban J connectivity index is 2.79. The molecule has 0 saturated heterocycles. The highest BCUT2D eigenvalue weighted by Gasteiger charge is 2.09. The van der Waals surface area contributed by atoms with Crippen LogP contribution in [0.1, 0.15) is 5.69 Å². The van der Waals surface area contributed by atoms with E-state index in [1.807, 2.05) is 0 Å². The minimum absolute atomic E-state index is 0.0230. The van der Waals surface area contributed by atoms with E-state index in [9.17, 15) is 8.78 Å². The topological polar surface area (TPSA) is 48.1 Å². The van der Waals surface area contributed by atoms with Gasteiger partial charge in [-0.1, -0.05) is 12.2 Å². The predicted octanol–water partition coefficient (Wildman–Crippen LogP) is 1.36. The van der Waals surface area contributed by atoms with E-state index in [0.717, 1.165) is 0 Å². The maximum atomic E-state index is 11.8. The number of pyridine rings is 1. The normalized spacial score (nSPS) is 10.2. The van der Waals surface area contributed by atoms with Gasteiger partial charge < -0.3 is 10.5 Å². The number of alkyl halides is 2. The van der Waals surface area contributed by atoms with Crippen molar-refractivity contribution in [3.05, 3.63) is 24.0 Å². The highest BCUT2D eigenvalue weighted by atomic mass is 32.1. The van der Waals surface area contributed by atoms with E-state index in [1.54, 1.807) is 6.07 Å². The van der Waals surface area contributed by atoms with Gasteiger partial charge in [0.1, 0.15) is 23.0 Å². The van der Waals surface area contributed by atoms with E-state index in [1.165, 1.54) is 12.3 Å². The van der Waals surface area contributed by atoms with E-state index in [0.29, 0.717) is 0 Å². The molecule has 1 heterocycles. The highest BCUT2D eigenvalue weighted by Crippen LogP contribution is 2.15. The molecular weight excluding hydrogens is 210 g/mol. The molecule has 6 heteroatoms. The van der Waals surface area contributed by atoms with Crippen LogP contribution in [0.15, 0.2) is 18.3 Å². The average molecular weight is 218 g/mol. The summed E-state index contributed by atoms with van der Waals surface area (Å²) in [5.41, 5.74) is 5.55. The van der Waals surface area contributed by atoms with Crippen molar-refractivity contribution in [1.29, 1.82) is 0 Å². The van der Waals surface area contributed by atoms with Crippen molar-refractivity contribution in [3.8, 4) is 5.75 Å². The fourth-order valence-electron chi connectivity index (χ4n) is 0.845. The molecule has 76 valence electrons. The van der Waals surface area contributed by atoms with Gasteiger partial charge in [0.2, 0.25) is 0 Å². The Morgan fingerprint density at radius 3 is 2.93 bits per heavy atom. The van der Waals surface area contributed by atoms with Gasteiger partial charge in [0.15, 0.2) is 0 Å². The Bertz CT molecular complexity index is 333. The highest BCUT2D eigenvalue weighted by molar-refractivity contribution is 7.80. The van der Waals surface area contributed by atoms with Crippen LogP contribution in [-0.2, 0) is 0 Å². The number of rotatable bonds is 4. The maximum Gasteiger partial charge on any atom is 0.272 e. The monoisotopic (exact) mass is 218 g/mol. The zero-order chi connectivity index (χ0) is 10.6. The van der Waals surface area contributed by atoms with E-state index in [4.69, 9.17) is 10.5 Å². The second-order valence-electron chi connectivity index (χ2n) is 2.42. The molecule has 2 N–H and O–H groups in total. The fourth-order valence-corrected chi connectivity index (χ4v) is 0.998. The lowest BCUT2D eigenvalue weighted by Gasteiger charge is -2.08. The molecule has 0 aliphatic carbocycles. The van der Waals surface area contributed by atoms with Gasteiger partial charge in [-0.3, -0.25) is 0 Å². The van der Waals surface area contributed by atoms with Gasteiger partial charge in [-0.15, -0.1) is 0 Å². The molecular formula is C8H8F2N2OS. The largest absolute Gasteiger partial charge is 0.485 e. The van der Waals surface area contributed by atoms with Crippen LogP contribution < -0.4 is 10.5 Å². The molecule has 0 amide bonds. The zero-order valence-corrected chi connectivity index (χ0v) is 7.93. The summed E-state index contributed by atoms with van der Waals surface area (Å²) in [6.07, 6.45) is -1.07. The van der Waals surface area contributed by atoms with Crippen LogP contribution in [0.25, 0.3) is 0 Å². The first-order chi connectivity index (χ1) is 6.61. The molecule has 14 heavy (non-hydrogen) atoms. The fraction of sp³-hybridized carbons (Fsp3) is 0.250. The molecule has 0 bridgehead atoms. The molecule has 0 aliphatic rings. The van der Waals surface area contributed by atoms with E-state index < -0.39 is 13.0 Å². The van der Waals surface area contributed by atoms with Crippen LogP contribution in [0, 0.1) is 0 Å². The number of aromatic nitrogens is 1. The first-order valence-corrected chi connectivity index (χ1v) is 4.18. The van der Waals surface area contributed by atoms with Gasteiger partial charge in [-0.25, -0.2) is 13.8 Å². The van der Waals surface area contributed by atoms with Gasteiger partial charge in [0.25, 0.3) is 6.43 Å². The second kappa shape index (κ2) is 4.80. The second-order valence-corrected chi connectivity index (χ2v) is 2.86. The Kier molecular flexibility index (Phi) is 3.70. The van der Waals surface area contributed by atoms with Gasteiger partial charge in [0.05, 0.1) is 0 Å². The number of nitrogens with two attached hydrogens (primary N) is 1. The minimum Gasteiger partial charge on any atom is -0.485 e. The van der Waals surface area contributed by atoms with Crippen LogP contribution in [0.5, 0.6) is 5.75 Å². The average Bonchev–Trinajstić information content (AvgIpc) is 2.15. The molecule has 0 unspecified atom stereocenters. The van der Waals surface area contributed by atoms with Crippen LogP contribution in [-0.4, -0.2) is 23.0 Å². The molecule has 0 atom stereocenters. The Morgan fingerprint density at radius 1 is 1.64 bits per heavy atom. The summed E-state index contributed by atoms with van der Waals surface area (Å²) in [6, 6.07) is 3.05. The molecule has 0 radical (unpaired) electrons. The van der Waals surface area contributed by atoms with Crippen LogP contribution >= 0.6 is 12.2 Å². The summed E-state index contributed by atoms with van der Waals surface area (Å²) in [5.74, 6) is 0.181. The number of hydrogen-bond acceptors (Lipinski definition) is 3. The standard InChI is InChI=1S/C8H8F2N2OS/c9-6(10)4-13-5-2-1-3-12-7(5)8(11)14/h1-3,6H,4H2,(H2,11,14). The number of hydrogen-bond donors (Lipinski definition) is 1. The molecule has 0 aromatic carbocycles. The SMILES string of the molecule is NC(=S)c1ncccc1OCC(F)F. The molecule has 3 nitrogen and oxygen atoms in total. The van der Waals surface area contributed by atoms with Crippen molar-refractivity contribution in [2.45, 2.75) is 6.43 Å². The zero-order valence-electron chi connectivity index (χ0n) is 7.11. The van der Waals surface area contributed by atoms with Crippen molar-refractivity contribution >= 4 is 17.2 Å². The first kappa shape index (κ1) is 10.8. The van der Waals surface area contributed by atoms with E-state index in [-0.39, 0.29) is 16.4 Å². The minimum atomic E-state index is -2.53. The van der Waals surface area contributed by atoms with Crippen molar-refractivity contribution in [3.63, 3.8) is 0 Å². The molecule has 0 fully saturated rings. The number of thiocarbonyl (C=S) groups is 1. The summed E-state index contributed by atoms with van der Waals surface area (Å²) in [5, 5.41) is 0. The smallest absolute Gasteiger partial charge is 0.272 e. The third-order valence-corrected chi connectivity index (χ3v) is 1.56. The lowest BCUT2D eigenvalue weighted by molar-refractivity contribution is 0.0816. The Labute approximate surface area is 84.9 Å². The summed E-state index contributed by atoms with van der Waals surface area (Å²) in [6.45, 7) is -0.693. The van der Waals surface area contributed by atoms with Gasteiger partial charge in [-0.2, -0.15) is 0 Å². The molecule has 1 rings (SSSR count). The third-order valence-electron chi connectivity index (χ3n) is 1.37. The summed E-state index contributed by atoms with van der Waals surface area (Å²) in [4.78, 5) is 3.84. The quantitative estimate of drug-likeness (QED) is 0.775. The molecule has 1 aromatic rings. The maximum absolute atomic E-state index is 11.8. The molecule has 0 saturated carbocycles. The summed E-state index contributed by atoms with van der Waals surface area (Å²) in [7, 11) is 0. The van der Waals surface area contributed by atoms with Gasteiger partial charge in [0, 0.05) is 6.20 Å². The van der Waals surface area contributed by atoms with E-state index in [2.05, 4.69) is 17.2 Å². The number of nitrogens with zero attached hydrogens (tertiary/aromatic N) is 1. The molecule has 0 aliphatic heterocycles. The van der Waals surface area contributed by atoms with E-state index >= 15 is 0 Å². The summed E-state index contributed by atoms with van der Waals surface area (Å²) < 4.78 is 28.5. The first-order valence-electron chi connectivity index (χ1n) is 3.77. The van der Waals surface area contributed by atoms with Crippen LogP contribution in [0.3, 0.4) is 0 Å². The van der Waals surface area contributed by atoms with Crippen molar-refractivity contribution in [2.75, 3.05) is 6.61 Å². The molecule has 0 spiro atoms. The van der Waals surface area contributed by atoms with Crippen LogP contribution in [0.4, 0.5) is 8.78 Å². The number of halogens is 2. The van der Waals surface area contributed by atoms with Gasteiger partial charge >= 0.3 is 0 Å². The molecule has 1 aromatic heterocycles. The van der Waals surface area contributed by atoms with Crippen molar-refractivity contribution in [2.24, 2.45) is 5.73 Å². The summed E-state index contributed by atoms with van der Waals surface area (Å²) >= 11 is 4.68. The van der Waals surface area contributed by atoms with Crippen LogP contribution in [0.2, 0.25) is 0 Å². The van der Waals surface area contributed by atoms with Gasteiger partial charge in [-0.05, 0) is 12.1 Å². The Morgan fingerprint density at radius 2 is 2.36 bits per heavy atom. The third kappa shape index (κ3) is 2.88. The Hall–Kier alpha value is -1.30. The van der Waals surface area contributed by atoms with Crippen molar-refractivity contribution < 1.29 is 13.5 Å². The lowest BCUT2D eigenvalue weighted by Crippen LogP contribution is -2.15.